The first kappa shape index (κ1) is 17.6. The van der Waals surface area contributed by atoms with Crippen LogP contribution in [0, 0.1) is 6.92 Å². The van der Waals surface area contributed by atoms with Crippen molar-refractivity contribution in [2.75, 3.05) is 12.3 Å². The molecule has 0 amide bonds. The molecule has 2 N–H and O–H groups in total. The third-order valence-corrected chi connectivity index (χ3v) is 5.20. The fraction of sp³-hybridized carbons (Fsp3) is 0.571. The van der Waals surface area contributed by atoms with Crippen molar-refractivity contribution in [2.24, 2.45) is 0 Å². The number of hydrogen-bond donors (Lipinski definition) is 1. The second kappa shape index (κ2) is 6.79. The van der Waals surface area contributed by atoms with Gasteiger partial charge in [-0.1, -0.05) is 19.6 Å². The van der Waals surface area contributed by atoms with Crippen LogP contribution in [0.2, 0.25) is 25.7 Å². The van der Waals surface area contributed by atoms with Gasteiger partial charge in [0.15, 0.2) is 0 Å². The molecule has 2 rings (SSSR count). The highest BCUT2D eigenvalue weighted by atomic mass is 28.3. The maximum absolute atomic E-state index is 12.8. The molecule has 0 spiro atoms. The molecule has 0 fully saturated rings. The van der Waals surface area contributed by atoms with Crippen LogP contribution in [0.4, 0.5) is 14.5 Å². The van der Waals surface area contributed by atoms with E-state index in [-0.39, 0.29) is 6.73 Å². The molecule has 0 aromatic carbocycles. The summed E-state index contributed by atoms with van der Waals surface area (Å²) in [5.74, 6) is 0. The fourth-order valence-electron chi connectivity index (χ4n) is 2.10. The van der Waals surface area contributed by atoms with Crippen molar-refractivity contribution in [2.45, 2.75) is 45.9 Å². The first-order valence-corrected chi connectivity index (χ1v) is 11.1. The van der Waals surface area contributed by atoms with E-state index in [0.29, 0.717) is 33.9 Å². The Morgan fingerprint density at radius 2 is 2.04 bits per heavy atom. The lowest BCUT2D eigenvalue weighted by molar-refractivity contribution is 0.0545. The minimum atomic E-state index is -2.68. The molecule has 2 aromatic rings. The van der Waals surface area contributed by atoms with Crippen LogP contribution in [0.25, 0.3) is 11.3 Å². The molecule has 0 saturated carbocycles. The van der Waals surface area contributed by atoms with Gasteiger partial charge in [-0.2, -0.15) is 19.0 Å². The fourth-order valence-corrected chi connectivity index (χ4v) is 2.86. The van der Waals surface area contributed by atoms with Crippen LogP contribution >= 0.6 is 0 Å². The monoisotopic (exact) mass is 343 g/mol. The van der Waals surface area contributed by atoms with E-state index >= 15 is 0 Å². The molecule has 0 radical (unpaired) electrons. The number of ether oxygens (including phenoxy) is 1. The van der Waals surface area contributed by atoms with Gasteiger partial charge in [-0.25, -0.2) is 9.36 Å². The summed E-state index contributed by atoms with van der Waals surface area (Å²) in [5.41, 5.74) is 7.64. The number of nitrogen functional groups attached to an aromatic ring is 1. The van der Waals surface area contributed by atoms with Crippen LogP contribution < -0.4 is 5.73 Å². The number of hydrogen-bond acceptors (Lipinski definition) is 4. The number of anilines is 1. The second-order valence-corrected chi connectivity index (χ2v) is 12.3. The summed E-state index contributed by atoms with van der Waals surface area (Å²) in [6.45, 7) is 6.69. The van der Waals surface area contributed by atoms with E-state index in [1.807, 2.05) is 0 Å². The van der Waals surface area contributed by atoms with Crippen LogP contribution in [-0.2, 0) is 11.5 Å². The summed E-state index contributed by atoms with van der Waals surface area (Å²) in [5, 5.41) is 8.01. The van der Waals surface area contributed by atoms with Crippen molar-refractivity contribution >= 4 is 13.8 Å². The molecular formula is C14H23F2N5OSi. The standard InChI is InChI=1S/C14H23F2N5OSi/c1-10-11(7-18-21(10)14(15)16)13-12(17)8-20(19-13)9-22-5-6-23(2,3)4/h7-8,14H,5-6,9,17H2,1-4H3. The normalized spacial score (nSPS) is 12.3. The molecule has 23 heavy (non-hydrogen) atoms. The number of nitrogens with zero attached hydrogens (tertiary/aromatic N) is 4. The van der Waals surface area contributed by atoms with Crippen molar-refractivity contribution in [3.63, 3.8) is 0 Å². The van der Waals surface area contributed by atoms with E-state index in [0.717, 1.165) is 6.04 Å². The third kappa shape index (κ3) is 4.38. The number of alkyl halides is 2. The predicted octanol–water partition coefficient (Wildman–Crippen LogP) is 3.34. The van der Waals surface area contributed by atoms with Crippen molar-refractivity contribution in [1.82, 2.24) is 19.6 Å². The van der Waals surface area contributed by atoms with Crippen molar-refractivity contribution in [3.05, 3.63) is 18.1 Å². The smallest absolute Gasteiger partial charge is 0.333 e. The van der Waals surface area contributed by atoms with Gasteiger partial charge in [0.05, 0.1) is 23.8 Å². The Balaban J connectivity index is 2.07. The van der Waals surface area contributed by atoms with E-state index in [1.165, 1.54) is 6.20 Å². The molecule has 0 saturated heterocycles. The summed E-state index contributed by atoms with van der Waals surface area (Å²) in [6.07, 6.45) is 3.00. The molecule has 2 aromatic heterocycles. The van der Waals surface area contributed by atoms with Crippen LogP contribution in [0.1, 0.15) is 12.2 Å². The van der Waals surface area contributed by atoms with Gasteiger partial charge >= 0.3 is 6.55 Å². The maximum atomic E-state index is 12.8. The Morgan fingerprint density at radius 1 is 1.35 bits per heavy atom. The lowest BCUT2D eigenvalue weighted by Gasteiger charge is -2.15. The zero-order chi connectivity index (χ0) is 17.2. The summed E-state index contributed by atoms with van der Waals surface area (Å²) in [7, 11) is -1.13. The number of aromatic nitrogens is 4. The summed E-state index contributed by atoms with van der Waals surface area (Å²) >= 11 is 0. The van der Waals surface area contributed by atoms with Gasteiger partial charge in [-0.15, -0.1) is 0 Å². The quantitative estimate of drug-likeness (QED) is 0.618. The van der Waals surface area contributed by atoms with E-state index in [1.54, 1.807) is 17.8 Å². The van der Waals surface area contributed by atoms with Gasteiger partial charge < -0.3 is 10.5 Å². The van der Waals surface area contributed by atoms with Gasteiger partial charge in [-0.05, 0) is 13.0 Å². The van der Waals surface area contributed by atoms with Crippen LogP contribution in [0.15, 0.2) is 12.4 Å². The average Bonchev–Trinajstić information content (AvgIpc) is 2.97. The summed E-state index contributed by atoms with van der Waals surface area (Å²) < 4.78 is 33.4. The van der Waals surface area contributed by atoms with Gasteiger partial charge in [0.25, 0.3) is 0 Å². The molecule has 6 nitrogen and oxygen atoms in total. The first-order chi connectivity index (χ1) is 10.7. The Labute approximate surface area is 135 Å². The van der Waals surface area contributed by atoms with E-state index in [4.69, 9.17) is 10.5 Å². The zero-order valence-electron chi connectivity index (χ0n) is 13.9. The van der Waals surface area contributed by atoms with Gasteiger partial charge in [-0.3, -0.25) is 0 Å². The molecule has 0 atom stereocenters. The minimum Gasteiger partial charge on any atom is -0.396 e. The number of nitrogens with two attached hydrogens (primary N) is 1. The molecule has 0 aliphatic rings. The van der Waals surface area contributed by atoms with Crippen molar-refractivity contribution in [1.29, 1.82) is 0 Å². The molecule has 0 aliphatic carbocycles. The lowest BCUT2D eigenvalue weighted by Crippen LogP contribution is -2.22. The van der Waals surface area contributed by atoms with Crippen LogP contribution in [0.5, 0.6) is 0 Å². The maximum Gasteiger partial charge on any atom is 0.333 e. The largest absolute Gasteiger partial charge is 0.396 e. The summed E-state index contributed by atoms with van der Waals surface area (Å²) in [4.78, 5) is 0. The third-order valence-electron chi connectivity index (χ3n) is 3.49. The van der Waals surface area contributed by atoms with Gasteiger partial charge in [0, 0.05) is 20.2 Å². The summed E-state index contributed by atoms with van der Waals surface area (Å²) in [6, 6.07) is 1.07. The Hall–Kier alpha value is -1.74. The van der Waals surface area contributed by atoms with Crippen molar-refractivity contribution < 1.29 is 13.5 Å². The molecule has 2 heterocycles. The van der Waals surface area contributed by atoms with Crippen LogP contribution in [0.3, 0.4) is 0 Å². The minimum absolute atomic E-state index is 0.288. The first-order valence-electron chi connectivity index (χ1n) is 7.42. The SMILES string of the molecule is Cc1c(-c2nn(COCC[Si](C)(C)C)cc2N)cnn1C(F)F. The Kier molecular flexibility index (Phi) is 5.20. The van der Waals surface area contributed by atoms with E-state index < -0.39 is 14.6 Å². The Morgan fingerprint density at radius 3 is 2.61 bits per heavy atom. The lowest BCUT2D eigenvalue weighted by atomic mass is 10.2. The molecule has 0 aliphatic heterocycles. The highest BCUT2D eigenvalue weighted by Crippen LogP contribution is 2.28. The average molecular weight is 343 g/mol. The topological polar surface area (TPSA) is 70.9 Å². The molecule has 128 valence electrons. The van der Waals surface area contributed by atoms with E-state index in [9.17, 15) is 8.78 Å². The predicted molar refractivity (Wildman–Crippen MR) is 88.0 cm³/mol. The van der Waals surface area contributed by atoms with Crippen LogP contribution in [-0.4, -0.2) is 34.2 Å². The second-order valence-electron chi connectivity index (χ2n) is 6.69. The van der Waals surface area contributed by atoms with E-state index in [2.05, 4.69) is 29.8 Å². The highest BCUT2D eigenvalue weighted by molar-refractivity contribution is 6.76. The molecule has 0 unspecified atom stereocenters. The zero-order valence-corrected chi connectivity index (χ0v) is 14.9. The molecular weight excluding hydrogens is 320 g/mol. The Bertz CT molecular complexity index is 663. The van der Waals surface area contributed by atoms with Gasteiger partial charge in [0.2, 0.25) is 0 Å². The molecule has 0 bridgehead atoms. The van der Waals surface area contributed by atoms with Gasteiger partial charge in [0.1, 0.15) is 12.4 Å². The number of rotatable bonds is 7. The molecule has 9 heteroatoms. The number of halogens is 2. The highest BCUT2D eigenvalue weighted by Gasteiger charge is 2.19. The van der Waals surface area contributed by atoms with Crippen molar-refractivity contribution in [3.8, 4) is 11.3 Å².